The van der Waals surface area contributed by atoms with Crippen molar-refractivity contribution in [1.29, 1.82) is 0 Å². The summed E-state index contributed by atoms with van der Waals surface area (Å²) in [5.41, 5.74) is 7.73. The van der Waals surface area contributed by atoms with Crippen LogP contribution in [0.4, 0.5) is 28.8 Å². The van der Waals surface area contributed by atoms with Gasteiger partial charge in [-0.2, -0.15) is 4.98 Å². The molecule has 0 spiro atoms. The second-order valence-electron chi connectivity index (χ2n) is 8.64. The predicted molar refractivity (Wildman–Crippen MR) is 146 cm³/mol. The molecule has 3 aromatic rings. The summed E-state index contributed by atoms with van der Waals surface area (Å²) in [6.45, 7) is 4.72. The van der Waals surface area contributed by atoms with Crippen molar-refractivity contribution < 1.29 is 19.1 Å². The van der Waals surface area contributed by atoms with Crippen molar-refractivity contribution in [2.45, 2.75) is 12.8 Å². The molecule has 0 aliphatic carbocycles. The molecule has 11 heteroatoms. The highest BCUT2D eigenvalue weighted by atomic mass is 16.5. The van der Waals surface area contributed by atoms with E-state index in [-0.39, 0.29) is 29.6 Å². The number of ether oxygens (including phenoxy) is 1. The van der Waals surface area contributed by atoms with Crippen LogP contribution in [-0.2, 0) is 9.59 Å². The van der Waals surface area contributed by atoms with Gasteiger partial charge in [-0.1, -0.05) is 24.8 Å². The quantitative estimate of drug-likeness (QED) is 0.317. The Morgan fingerprint density at radius 1 is 1.08 bits per heavy atom. The van der Waals surface area contributed by atoms with Crippen molar-refractivity contribution in [3.63, 3.8) is 0 Å². The zero-order valence-corrected chi connectivity index (χ0v) is 20.9. The largest absolute Gasteiger partial charge is 0.494 e. The summed E-state index contributed by atoms with van der Waals surface area (Å²) in [5, 5.41) is 8.70. The second kappa shape index (κ2) is 11.9. The van der Waals surface area contributed by atoms with Gasteiger partial charge in [0.25, 0.3) is 5.91 Å². The number of nitrogens with zero attached hydrogens (tertiary/aromatic N) is 3. The SMILES string of the molecule is C=CC(=O)Nc1cc(Nc2nccc(NC(=O)c3ccccc3)n2)c(OC)cc1N1CCC(C(N)=O)CC1. The third-order valence-corrected chi connectivity index (χ3v) is 6.18. The normalized spacial score (nSPS) is 13.3. The van der Waals surface area contributed by atoms with Crippen LogP contribution in [0.25, 0.3) is 0 Å². The van der Waals surface area contributed by atoms with Crippen LogP contribution in [0.15, 0.2) is 67.4 Å². The number of nitrogens with one attached hydrogen (secondary N) is 3. The lowest BCUT2D eigenvalue weighted by Gasteiger charge is -2.34. The molecule has 5 N–H and O–H groups in total. The van der Waals surface area contributed by atoms with Crippen molar-refractivity contribution >= 4 is 46.5 Å². The molecule has 0 saturated carbocycles. The van der Waals surface area contributed by atoms with E-state index in [9.17, 15) is 14.4 Å². The number of nitrogens with two attached hydrogens (primary N) is 1. The first kappa shape index (κ1) is 26.1. The van der Waals surface area contributed by atoms with Crippen LogP contribution in [0.5, 0.6) is 5.75 Å². The summed E-state index contributed by atoms with van der Waals surface area (Å²) in [4.78, 5) is 47.0. The molecule has 0 unspecified atom stereocenters. The van der Waals surface area contributed by atoms with Crippen molar-refractivity contribution in [2.75, 3.05) is 41.0 Å². The number of aromatic nitrogens is 2. The van der Waals surface area contributed by atoms with Gasteiger partial charge in [0, 0.05) is 36.8 Å². The first-order chi connectivity index (χ1) is 18.4. The molecule has 4 rings (SSSR count). The molecule has 2 aromatic carbocycles. The van der Waals surface area contributed by atoms with Gasteiger partial charge in [0.2, 0.25) is 17.8 Å². The number of hydrogen-bond acceptors (Lipinski definition) is 8. The van der Waals surface area contributed by atoms with Gasteiger partial charge in [0.05, 0.1) is 24.2 Å². The molecule has 196 valence electrons. The zero-order valence-electron chi connectivity index (χ0n) is 20.9. The summed E-state index contributed by atoms with van der Waals surface area (Å²) in [6.07, 6.45) is 3.92. The number of primary amides is 1. The van der Waals surface area contributed by atoms with Crippen LogP contribution in [0.1, 0.15) is 23.2 Å². The van der Waals surface area contributed by atoms with Gasteiger partial charge in [0.1, 0.15) is 11.6 Å². The first-order valence-electron chi connectivity index (χ1n) is 12.0. The molecule has 0 atom stereocenters. The average Bonchev–Trinajstić information content (AvgIpc) is 2.94. The Morgan fingerprint density at radius 3 is 2.47 bits per heavy atom. The Hall–Kier alpha value is -4.93. The number of rotatable bonds is 9. The maximum absolute atomic E-state index is 12.5. The fourth-order valence-corrected chi connectivity index (χ4v) is 4.17. The van der Waals surface area contributed by atoms with E-state index in [1.807, 2.05) is 6.07 Å². The van der Waals surface area contributed by atoms with Crippen molar-refractivity contribution in [3.8, 4) is 5.75 Å². The van der Waals surface area contributed by atoms with Crippen LogP contribution in [0.3, 0.4) is 0 Å². The Kier molecular flexibility index (Phi) is 8.17. The molecule has 3 amide bonds. The Labute approximate surface area is 220 Å². The Bertz CT molecular complexity index is 1340. The number of anilines is 5. The molecule has 1 aliphatic heterocycles. The highest BCUT2D eigenvalue weighted by Crippen LogP contribution is 2.39. The minimum atomic E-state index is -0.378. The van der Waals surface area contributed by atoms with Crippen LogP contribution < -0.4 is 31.3 Å². The lowest BCUT2D eigenvalue weighted by atomic mass is 9.95. The smallest absolute Gasteiger partial charge is 0.256 e. The monoisotopic (exact) mass is 515 g/mol. The van der Waals surface area contributed by atoms with Gasteiger partial charge in [-0.15, -0.1) is 0 Å². The topological polar surface area (TPSA) is 152 Å². The molecule has 0 bridgehead atoms. The molecular weight excluding hydrogens is 486 g/mol. The lowest BCUT2D eigenvalue weighted by molar-refractivity contribution is -0.122. The molecule has 1 saturated heterocycles. The van der Waals surface area contributed by atoms with Crippen molar-refractivity contribution in [3.05, 3.63) is 72.9 Å². The summed E-state index contributed by atoms with van der Waals surface area (Å²) in [7, 11) is 1.53. The molecular formula is C27H29N7O4. The standard InChI is InChI=1S/C27H29N7O4/c1-3-24(35)30-19-15-20(22(38-2)16-21(19)34-13-10-17(11-14-34)25(28)36)31-27-29-12-9-23(33-27)32-26(37)18-7-5-4-6-8-18/h3-9,12,15-17H,1,10-11,13-14H2,2H3,(H2,28,36)(H,30,35)(H2,29,31,32,33,37). The lowest BCUT2D eigenvalue weighted by Crippen LogP contribution is -2.39. The number of piperidine rings is 1. The first-order valence-corrected chi connectivity index (χ1v) is 12.0. The summed E-state index contributed by atoms with van der Waals surface area (Å²) < 4.78 is 5.63. The minimum Gasteiger partial charge on any atom is -0.494 e. The third kappa shape index (κ3) is 6.25. The molecule has 1 aliphatic rings. The number of hydrogen-bond donors (Lipinski definition) is 4. The summed E-state index contributed by atoms with van der Waals surface area (Å²) >= 11 is 0. The number of carbonyl (C=O) groups excluding carboxylic acids is 3. The predicted octanol–water partition coefficient (Wildman–Crippen LogP) is 3.31. The van der Waals surface area contributed by atoms with Gasteiger partial charge in [-0.25, -0.2) is 4.98 Å². The maximum Gasteiger partial charge on any atom is 0.256 e. The van der Waals surface area contributed by atoms with Gasteiger partial charge in [-0.3, -0.25) is 14.4 Å². The summed E-state index contributed by atoms with van der Waals surface area (Å²) in [5.74, 6) is -0.148. The molecule has 1 aromatic heterocycles. The van der Waals surface area contributed by atoms with E-state index in [0.717, 1.165) is 5.69 Å². The highest BCUT2D eigenvalue weighted by Gasteiger charge is 2.26. The minimum absolute atomic E-state index is 0.174. The maximum atomic E-state index is 12.5. The number of carbonyl (C=O) groups is 3. The van der Waals surface area contributed by atoms with E-state index in [0.29, 0.717) is 54.4 Å². The Morgan fingerprint density at radius 2 is 1.82 bits per heavy atom. The van der Waals surface area contributed by atoms with Gasteiger partial charge >= 0.3 is 0 Å². The average molecular weight is 516 g/mol. The fourth-order valence-electron chi connectivity index (χ4n) is 4.17. The van der Waals surface area contributed by atoms with E-state index >= 15 is 0 Å². The van der Waals surface area contributed by atoms with Crippen LogP contribution >= 0.6 is 0 Å². The number of amides is 3. The number of methoxy groups -OCH3 is 1. The van der Waals surface area contributed by atoms with Gasteiger partial charge < -0.3 is 31.3 Å². The van der Waals surface area contributed by atoms with E-state index in [1.54, 1.807) is 42.5 Å². The van der Waals surface area contributed by atoms with Gasteiger partial charge in [0.15, 0.2) is 0 Å². The van der Waals surface area contributed by atoms with Crippen LogP contribution in [-0.4, -0.2) is 47.9 Å². The molecule has 2 heterocycles. The van der Waals surface area contributed by atoms with E-state index in [2.05, 4.69) is 37.4 Å². The van der Waals surface area contributed by atoms with Crippen molar-refractivity contribution in [2.24, 2.45) is 11.7 Å². The van der Waals surface area contributed by atoms with E-state index < -0.39 is 0 Å². The summed E-state index contributed by atoms with van der Waals surface area (Å²) in [6, 6.07) is 13.9. The molecule has 1 fully saturated rings. The van der Waals surface area contributed by atoms with Crippen LogP contribution in [0.2, 0.25) is 0 Å². The molecule has 11 nitrogen and oxygen atoms in total. The zero-order chi connectivity index (χ0) is 27.1. The van der Waals surface area contributed by atoms with Crippen molar-refractivity contribution in [1.82, 2.24) is 9.97 Å². The molecule has 38 heavy (non-hydrogen) atoms. The van der Waals surface area contributed by atoms with E-state index in [1.165, 1.54) is 19.4 Å². The fraction of sp³-hybridized carbons (Fsp3) is 0.222. The third-order valence-electron chi connectivity index (χ3n) is 6.18. The number of benzene rings is 2. The van der Waals surface area contributed by atoms with Crippen LogP contribution in [0, 0.1) is 5.92 Å². The van der Waals surface area contributed by atoms with Gasteiger partial charge in [-0.05, 0) is 43.2 Å². The van der Waals surface area contributed by atoms with E-state index in [4.69, 9.17) is 10.5 Å². The Balaban J connectivity index is 1.60. The highest BCUT2D eigenvalue weighted by molar-refractivity contribution is 6.04. The second-order valence-corrected chi connectivity index (χ2v) is 8.64. The molecule has 0 radical (unpaired) electrons.